The molecule has 0 saturated heterocycles. The first-order valence-corrected chi connectivity index (χ1v) is 6.71. The van der Waals surface area contributed by atoms with Crippen LogP contribution in [0, 0.1) is 0 Å². The Labute approximate surface area is 107 Å². The van der Waals surface area contributed by atoms with Crippen molar-refractivity contribution in [3.05, 3.63) is 34.9 Å². The number of carbonyl (C=O) groups excluding carboxylic acids is 1. The number of hydrogen-bond donors (Lipinski definition) is 1. The second-order valence-corrected chi connectivity index (χ2v) is 4.93. The van der Waals surface area contributed by atoms with E-state index < -0.39 is 0 Å². The number of hydrogen-bond acceptors (Lipinski definition) is 1. The van der Waals surface area contributed by atoms with Gasteiger partial charge in [0.1, 0.15) is 5.88 Å². The van der Waals surface area contributed by atoms with Crippen molar-refractivity contribution < 1.29 is 4.79 Å². The number of rotatable bonds is 3. The van der Waals surface area contributed by atoms with Crippen molar-refractivity contribution in [2.45, 2.75) is 38.6 Å². The maximum atomic E-state index is 11.2. The number of halogens is 1. The van der Waals surface area contributed by atoms with Gasteiger partial charge in [-0.3, -0.25) is 4.79 Å². The third-order valence-corrected chi connectivity index (χ3v) is 3.61. The molecule has 0 heterocycles. The lowest BCUT2D eigenvalue weighted by atomic mass is 9.89. The zero-order chi connectivity index (χ0) is 12.3. The van der Waals surface area contributed by atoms with Crippen LogP contribution in [0.5, 0.6) is 0 Å². The number of aryl methyl sites for hydroxylation is 2. The van der Waals surface area contributed by atoms with Gasteiger partial charge in [0.05, 0.1) is 6.04 Å². The fourth-order valence-corrected chi connectivity index (χ4v) is 2.46. The van der Waals surface area contributed by atoms with Gasteiger partial charge in [0.25, 0.3) is 0 Å². The third kappa shape index (κ3) is 3.01. The summed E-state index contributed by atoms with van der Waals surface area (Å²) in [4.78, 5) is 11.2. The van der Waals surface area contributed by atoms with Crippen molar-refractivity contribution in [2.75, 3.05) is 5.88 Å². The van der Waals surface area contributed by atoms with Gasteiger partial charge >= 0.3 is 0 Å². The minimum atomic E-state index is -0.114. The molecule has 1 aliphatic rings. The molecule has 1 amide bonds. The molecule has 0 fully saturated rings. The molecule has 0 aromatic heterocycles. The molecule has 0 spiro atoms. The molecule has 1 aromatic carbocycles. The zero-order valence-corrected chi connectivity index (χ0v) is 10.9. The molecule has 1 aromatic rings. The first-order valence-electron chi connectivity index (χ1n) is 6.17. The molecule has 1 aliphatic carbocycles. The summed E-state index contributed by atoms with van der Waals surface area (Å²) < 4.78 is 0. The summed E-state index contributed by atoms with van der Waals surface area (Å²) >= 11 is 5.49. The van der Waals surface area contributed by atoms with Crippen LogP contribution in [0.15, 0.2) is 18.2 Å². The van der Waals surface area contributed by atoms with Crippen LogP contribution in [0.25, 0.3) is 0 Å². The molecule has 0 radical (unpaired) electrons. The van der Waals surface area contributed by atoms with Crippen molar-refractivity contribution in [3.8, 4) is 0 Å². The van der Waals surface area contributed by atoms with E-state index in [0.717, 1.165) is 0 Å². The molecule has 2 rings (SSSR count). The molecule has 92 valence electrons. The number of nitrogens with one attached hydrogen (secondary N) is 1. The molecule has 0 aliphatic heterocycles. The highest BCUT2D eigenvalue weighted by Gasteiger charge is 2.13. The van der Waals surface area contributed by atoms with E-state index in [1.807, 2.05) is 6.92 Å². The Balaban J connectivity index is 2.13. The molecular weight excluding hydrogens is 234 g/mol. The van der Waals surface area contributed by atoms with Crippen LogP contribution >= 0.6 is 11.6 Å². The molecule has 1 atom stereocenters. The van der Waals surface area contributed by atoms with Crippen LogP contribution in [-0.4, -0.2) is 11.8 Å². The van der Waals surface area contributed by atoms with Gasteiger partial charge in [0, 0.05) is 0 Å². The molecule has 3 heteroatoms. The van der Waals surface area contributed by atoms with Crippen molar-refractivity contribution in [2.24, 2.45) is 0 Å². The lowest BCUT2D eigenvalue weighted by molar-refractivity contribution is -0.119. The Bertz CT molecular complexity index is 417. The van der Waals surface area contributed by atoms with Crippen LogP contribution < -0.4 is 5.32 Å². The summed E-state index contributed by atoms with van der Waals surface area (Å²) in [7, 11) is 0. The lowest BCUT2D eigenvalue weighted by Gasteiger charge is -2.19. The van der Waals surface area contributed by atoms with Crippen molar-refractivity contribution in [1.29, 1.82) is 0 Å². The summed E-state index contributed by atoms with van der Waals surface area (Å²) in [5.74, 6) is -0.0909. The minimum absolute atomic E-state index is 0.0231. The molecule has 17 heavy (non-hydrogen) atoms. The van der Waals surface area contributed by atoms with Crippen LogP contribution in [0.3, 0.4) is 0 Å². The fraction of sp³-hybridized carbons (Fsp3) is 0.500. The van der Waals surface area contributed by atoms with Crippen molar-refractivity contribution in [1.82, 2.24) is 5.32 Å². The van der Waals surface area contributed by atoms with Gasteiger partial charge in [-0.25, -0.2) is 0 Å². The topological polar surface area (TPSA) is 29.1 Å². The number of fused-ring (bicyclic) bond motifs is 1. The highest BCUT2D eigenvalue weighted by molar-refractivity contribution is 6.27. The molecule has 0 unspecified atom stereocenters. The van der Waals surface area contributed by atoms with E-state index >= 15 is 0 Å². The predicted octanol–water partition coefficient (Wildman–Crippen LogP) is 2.98. The molecule has 2 nitrogen and oxygen atoms in total. The highest BCUT2D eigenvalue weighted by Crippen LogP contribution is 2.24. The minimum Gasteiger partial charge on any atom is -0.349 e. The molecule has 0 saturated carbocycles. The van der Waals surface area contributed by atoms with Gasteiger partial charge < -0.3 is 5.32 Å². The first-order chi connectivity index (χ1) is 8.20. The highest BCUT2D eigenvalue weighted by atomic mass is 35.5. The molecular formula is C14H18ClNO. The zero-order valence-electron chi connectivity index (χ0n) is 10.1. The smallest absolute Gasteiger partial charge is 0.235 e. The van der Waals surface area contributed by atoms with Crippen LogP contribution in [-0.2, 0) is 17.6 Å². The largest absolute Gasteiger partial charge is 0.349 e. The Kier molecular flexibility index (Phi) is 4.06. The van der Waals surface area contributed by atoms with Gasteiger partial charge in [0.2, 0.25) is 5.91 Å². The second kappa shape index (κ2) is 5.54. The summed E-state index contributed by atoms with van der Waals surface area (Å²) in [6.07, 6.45) is 4.93. The Morgan fingerprint density at radius 1 is 1.35 bits per heavy atom. The molecule has 1 N–H and O–H groups in total. The standard InChI is InChI=1S/C14H18ClNO/c1-10(16-14(17)9-15)12-7-6-11-4-2-3-5-13(11)8-12/h6-8,10H,2-5,9H2,1H3,(H,16,17)/t10-/m1/s1. The van der Waals surface area contributed by atoms with E-state index in [9.17, 15) is 4.79 Å². The summed E-state index contributed by atoms with van der Waals surface area (Å²) in [5, 5.41) is 2.88. The predicted molar refractivity (Wildman–Crippen MR) is 70.4 cm³/mol. The van der Waals surface area contributed by atoms with E-state index in [1.54, 1.807) is 0 Å². The number of benzene rings is 1. The van der Waals surface area contributed by atoms with Gasteiger partial charge in [-0.1, -0.05) is 18.2 Å². The average Bonchev–Trinajstić information content (AvgIpc) is 2.38. The third-order valence-electron chi connectivity index (χ3n) is 3.37. The average molecular weight is 252 g/mol. The van der Waals surface area contributed by atoms with Gasteiger partial charge in [-0.05, 0) is 49.3 Å². The summed E-state index contributed by atoms with van der Waals surface area (Å²) in [6, 6.07) is 6.58. The van der Waals surface area contributed by atoms with E-state index in [0.29, 0.717) is 0 Å². The van der Waals surface area contributed by atoms with E-state index in [2.05, 4.69) is 23.5 Å². The Morgan fingerprint density at radius 3 is 2.76 bits per heavy atom. The van der Waals surface area contributed by atoms with Gasteiger partial charge in [-0.2, -0.15) is 0 Å². The van der Waals surface area contributed by atoms with Crippen molar-refractivity contribution >= 4 is 17.5 Å². The van der Waals surface area contributed by atoms with Crippen LogP contribution in [0.2, 0.25) is 0 Å². The van der Waals surface area contributed by atoms with E-state index in [1.165, 1.54) is 42.4 Å². The Hall–Kier alpha value is -1.02. The Morgan fingerprint density at radius 2 is 2.06 bits per heavy atom. The maximum Gasteiger partial charge on any atom is 0.235 e. The van der Waals surface area contributed by atoms with E-state index in [4.69, 9.17) is 11.6 Å². The second-order valence-electron chi connectivity index (χ2n) is 4.66. The molecule has 0 bridgehead atoms. The summed E-state index contributed by atoms with van der Waals surface area (Å²) in [6.45, 7) is 2.00. The number of alkyl halides is 1. The monoisotopic (exact) mass is 251 g/mol. The fourth-order valence-electron chi connectivity index (χ4n) is 2.39. The van der Waals surface area contributed by atoms with Gasteiger partial charge in [-0.15, -0.1) is 11.6 Å². The summed E-state index contributed by atoms with van der Waals surface area (Å²) in [5.41, 5.74) is 4.08. The van der Waals surface area contributed by atoms with E-state index in [-0.39, 0.29) is 17.8 Å². The quantitative estimate of drug-likeness (QED) is 0.823. The lowest BCUT2D eigenvalue weighted by Crippen LogP contribution is -2.27. The SMILES string of the molecule is C[C@@H](NC(=O)CCl)c1ccc2c(c1)CCCC2. The van der Waals surface area contributed by atoms with Crippen molar-refractivity contribution in [3.63, 3.8) is 0 Å². The number of amides is 1. The number of carbonyl (C=O) groups is 1. The maximum absolute atomic E-state index is 11.2. The normalized spacial score (nSPS) is 16.1. The van der Waals surface area contributed by atoms with Gasteiger partial charge in [0.15, 0.2) is 0 Å². The van der Waals surface area contributed by atoms with Crippen LogP contribution in [0.4, 0.5) is 0 Å². The van der Waals surface area contributed by atoms with Crippen LogP contribution in [0.1, 0.15) is 42.5 Å². The first kappa shape index (κ1) is 12.4.